The lowest BCUT2D eigenvalue weighted by Gasteiger charge is -2.24. The number of aliphatic hydroxyl groups is 1. The Kier molecular flexibility index (Phi) is 3.07. The highest BCUT2D eigenvalue weighted by molar-refractivity contribution is 5.87. The zero-order valence-corrected chi connectivity index (χ0v) is 10.5. The van der Waals surface area contributed by atoms with Crippen molar-refractivity contribution < 1.29 is 9.84 Å². The highest BCUT2D eigenvalue weighted by Gasteiger charge is 2.21. The van der Waals surface area contributed by atoms with Crippen LogP contribution in [0.15, 0.2) is 36.4 Å². The van der Waals surface area contributed by atoms with Crippen molar-refractivity contribution >= 4 is 10.8 Å². The number of hydrogen-bond donors (Lipinski definition) is 1. The Bertz CT molecular complexity index is 529. The van der Waals surface area contributed by atoms with Crippen molar-refractivity contribution in [1.82, 2.24) is 0 Å². The van der Waals surface area contributed by atoms with E-state index < -0.39 is 0 Å². The second-order valence-corrected chi connectivity index (χ2v) is 4.93. The van der Waals surface area contributed by atoms with Gasteiger partial charge in [0.05, 0.1) is 13.7 Å². The summed E-state index contributed by atoms with van der Waals surface area (Å²) in [6.07, 6.45) is 0. The molecule has 2 nitrogen and oxygen atoms in total. The van der Waals surface area contributed by atoms with Gasteiger partial charge in [0.15, 0.2) is 0 Å². The first kappa shape index (κ1) is 11.9. The SMILES string of the molecule is COc1ccc2c(C(C)(C)CO)cccc2c1. The summed E-state index contributed by atoms with van der Waals surface area (Å²) in [6.45, 7) is 4.23. The minimum absolute atomic E-state index is 0.137. The molecule has 0 heterocycles. The minimum atomic E-state index is -0.228. The first-order valence-electron chi connectivity index (χ1n) is 5.76. The van der Waals surface area contributed by atoms with Crippen LogP contribution in [0, 0.1) is 0 Å². The van der Waals surface area contributed by atoms with Crippen LogP contribution in [0.4, 0.5) is 0 Å². The van der Waals surface area contributed by atoms with Gasteiger partial charge in [-0.05, 0) is 28.5 Å². The van der Waals surface area contributed by atoms with Crippen LogP contribution in [0.25, 0.3) is 10.8 Å². The lowest BCUT2D eigenvalue weighted by Crippen LogP contribution is -2.22. The molecule has 0 aliphatic rings. The molecule has 2 heteroatoms. The van der Waals surface area contributed by atoms with E-state index in [0.29, 0.717) is 0 Å². The fraction of sp³-hybridized carbons (Fsp3) is 0.333. The van der Waals surface area contributed by atoms with Gasteiger partial charge in [0, 0.05) is 5.41 Å². The smallest absolute Gasteiger partial charge is 0.119 e. The normalized spacial score (nSPS) is 11.8. The van der Waals surface area contributed by atoms with Gasteiger partial charge in [0.1, 0.15) is 5.75 Å². The molecule has 0 saturated carbocycles. The van der Waals surface area contributed by atoms with Crippen molar-refractivity contribution in [3.8, 4) is 5.75 Å². The average molecular weight is 230 g/mol. The van der Waals surface area contributed by atoms with Crippen LogP contribution in [-0.4, -0.2) is 18.8 Å². The Hall–Kier alpha value is -1.54. The van der Waals surface area contributed by atoms with E-state index in [-0.39, 0.29) is 12.0 Å². The summed E-state index contributed by atoms with van der Waals surface area (Å²) in [6, 6.07) is 12.2. The fourth-order valence-electron chi connectivity index (χ4n) is 2.06. The number of aliphatic hydroxyl groups excluding tert-OH is 1. The number of rotatable bonds is 3. The first-order valence-corrected chi connectivity index (χ1v) is 5.76. The summed E-state index contributed by atoms with van der Waals surface area (Å²) in [7, 11) is 1.67. The van der Waals surface area contributed by atoms with E-state index in [1.807, 2.05) is 32.0 Å². The molecule has 0 amide bonds. The maximum atomic E-state index is 9.48. The van der Waals surface area contributed by atoms with Crippen molar-refractivity contribution in [2.75, 3.05) is 13.7 Å². The van der Waals surface area contributed by atoms with E-state index >= 15 is 0 Å². The third kappa shape index (κ3) is 2.13. The zero-order valence-electron chi connectivity index (χ0n) is 10.5. The molecule has 0 spiro atoms. The predicted molar refractivity (Wildman–Crippen MR) is 70.6 cm³/mol. The molecule has 2 aromatic carbocycles. The Morgan fingerprint density at radius 1 is 1.18 bits per heavy atom. The van der Waals surface area contributed by atoms with Crippen LogP contribution in [0.5, 0.6) is 5.75 Å². The summed E-state index contributed by atoms with van der Waals surface area (Å²) in [5.74, 6) is 0.858. The molecular formula is C15H18O2. The van der Waals surface area contributed by atoms with Crippen LogP contribution < -0.4 is 4.74 Å². The first-order chi connectivity index (χ1) is 8.08. The maximum absolute atomic E-state index is 9.48. The van der Waals surface area contributed by atoms with E-state index in [1.54, 1.807) is 7.11 Å². The maximum Gasteiger partial charge on any atom is 0.119 e. The van der Waals surface area contributed by atoms with Crippen LogP contribution in [0.2, 0.25) is 0 Å². The van der Waals surface area contributed by atoms with E-state index in [9.17, 15) is 5.11 Å². The van der Waals surface area contributed by atoms with Gasteiger partial charge in [-0.15, -0.1) is 0 Å². The topological polar surface area (TPSA) is 29.5 Å². The van der Waals surface area contributed by atoms with E-state index in [4.69, 9.17) is 4.74 Å². The third-order valence-corrected chi connectivity index (χ3v) is 3.21. The van der Waals surface area contributed by atoms with Gasteiger partial charge in [-0.25, -0.2) is 0 Å². The summed E-state index contributed by atoms with van der Waals surface area (Å²) in [5.41, 5.74) is 0.939. The van der Waals surface area contributed by atoms with E-state index in [0.717, 1.165) is 11.1 Å². The van der Waals surface area contributed by atoms with Gasteiger partial charge in [-0.1, -0.05) is 38.1 Å². The number of hydrogen-bond acceptors (Lipinski definition) is 2. The van der Waals surface area contributed by atoms with Crippen molar-refractivity contribution in [3.63, 3.8) is 0 Å². The molecule has 2 rings (SSSR count). The molecule has 1 N–H and O–H groups in total. The predicted octanol–water partition coefficient (Wildman–Crippen LogP) is 3.12. The van der Waals surface area contributed by atoms with E-state index in [2.05, 4.69) is 18.2 Å². The van der Waals surface area contributed by atoms with Gasteiger partial charge in [0.2, 0.25) is 0 Å². The van der Waals surface area contributed by atoms with Crippen LogP contribution in [0.1, 0.15) is 19.4 Å². The highest BCUT2D eigenvalue weighted by Crippen LogP contribution is 2.31. The van der Waals surface area contributed by atoms with Gasteiger partial charge >= 0.3 is 0 Å². The highest BCUT2D eigenvalue weighted by atomic mass is 16.5. The van der Waals surface area contributed by atoms with Crippen molar-refractivity contribution in [1.29, 1.82) is 0 Å². The fourth-order valence-corrected chi connectivity index (χ4v) is 2.06. The van der Waals surface area contributed by atoms with Crippen molar-refractivity contribution in [2.45, 2.75) is 19.3 Å². The summed E-state index contributed by atoms with van der Waals surface area (Å²) >= 11 is 0. The molecule has 2 aromatic rings. The largest absolute Gasteiger partial charge is 0.497 e. The minimum Gasteiger partial charge on any atom is -0.497 e. The second kappa shape index (κ2) is 4.38. The molecule has 0 aliphatic heterocycles. The standard InChI is InChI=1S/C15H18O2/c1-15(2,10-16)14-6-4-5-11-9-12(17-3)7-8-13(11)14/h4-9,16H,10H2,1-3H3. The molecule has 90 valence electrons. The Labute approximate surface area is 102 Å². The van der Waals surface area contributed by atoms with Gasteiger partial charge in [-0.2, -0.15) is 0 Å². The average Bonchev–Trinajstić information content (AvgIpc) is 2.37. The Balaban J connectivity index is 2.66. The molecule has 0 fully saturated rings. The Morgan fingerprint density at radius 3 is 2.59 bits per heavy atom. The number of benzene rings is 2. The molecule has 0 saturated heterocycles. The monoisotopic (exact) mass is 230 g/mol. The lowest BCUT2D eigenvalue weighted by molar-refractivity contribution is 0.219. The van der Waals surface area contributed by atoms with Crippen molar-refractivity contribution in [2.24, 2.45) is 0 Å². The molecule has 0 unspecified atom stereocenters. The van der Waals surface area contributed by atoms with Crippen molar-refractivity contribution in [3.05, 3.63) is 42.0 Å². The molecule has 0 bridgehead atoms. The summed E-state index contributed by atoms with van der Waals surface area (Å²) in [4.78, 5) is 0. The summed E-state index contributed by atoms with van der Waals surface area (Å²) in [5, 5.41) is 11.8. The molecular weight excluding hydrogens is 212 g/mol. The Morgan fingerprint density at radius 2 is 1.94 bits per heavy atom. The van der Waals surface area contributed by atoms with Gasteiger partial charge < -0.3 is 9.84 Å². The molecule has 17 heavy (non-hydrogen) atoms. The quantitative estimate of drug-likeness (QED) is 0.877. The molecule has 0 radical (unpaired) electrons. The zero-order chi connectivity index (χ0) is 12.5. The third-order valence-electron chi connectivity index (χ3n) is 3.21. The van der Waals surface area contributed by atoms with Gasteiger partial charge in [-0.3, -0.25) is 0 Å². The molecule has 0 aliphatic carbocycles. The number of fused-ring (bicyclic) bond motifs is 1. The van der Waals surface area contributed by atoms with E-state index in [1.165, 1.54) is 10.9 Å². The van der Waals surface area contributed by atoms with Crippen LogP contribution in [-0.2, 0) is 5.41 Å². The number of ether oxygens (including phenoxy) is 1. The summed E-state index contributed by atoms with van der Waals surface area (Å²) < 4.78 is 5.22. The van der Waals surface area contributed by atoms with Gasteiger partial charge in [0.25, 0.3) is 0 Å². The van der Waals surface area contributed by atoms with Crippen LogP contribution in [0.3, 0.4) is 0 Å². The lowest BCUT2D eigenvalue weighted by atomic mass is 9.82. The second-order valence-electron chi connectivity index (χ2n) is 4.93. The number of methoxy groups -OCH3 is 1. The molecule has 0 aromatic heterocycles. The molecule has 0 atom stereocenters. The van der Waals surface area contributed by atoms with Crippen LogP contribution >= 0.6 is 0 Å².